The van der Waals surface area contributed by atoms with Crippen LogP contribution in [0.15, 0.2) is 30.5 Å². The fourth-order valence-corrected chi connectivity index (χ4v) is 3.68. The quantitative estimate of drug-likeness (QED) is 0.916. The molecule has 5 nitrogen and oxygen atoms in total. The number of sulfonamides is 1. The van der Waals surface area contributed by atoms with E-state index < -0.39 is 10.0 Å². The number of aromatic amines is 1. The summed E-state index contributed by atoms with van der Waals surface area (Å²) in [5, 5.41) is 1.19. The Morgan fingerprint density at radius 2 is 1.95 bits per heavy atom. The average Bonchev–Trinajstić information content (AvgIpc) is 2.73. The summed E-state index contributed by atoms with van der Waals surface area (Å²) in [7, 11) is -3.09. The standard InChI is InChI=1S/C14H19N3O2S/c1-20(18,19)17-9-3-8-16(10-11-17)14-5-2-4-13-12(14)6-7-15-13/h2,4-7,15H,3,8-11H2,1H3. The lowest BCUT2D eigenvalue weighted by molar-refractivity contribution is 0.437. The molecule has 2 heterocycles. The maximum absolute atomic E-state index is 11.7. The van der Waals surface area contributed by atoms with Crippen LogP contribution in [0.2, 0.25) is 0 Å². The molecule has 1 fully saturated rings. The number of aromatic nitrogens is 1. The Balaban J connectivity index is 1.87. The fraction of sp³-hybridized carbons (Fsp3) is 0.429. The van der Waals surface area contributed by atoms with Gasteiger partial charge in [-0.3, -0.25) is 0 Å². The van der Waals surface area contributed by atoms with Gasteiger partial charge in [0.15, 0.2) is 0 Å². The number of nitrogens with one attached hydrogen (secondary N) is 1. The van der Waals surface area contributed by atoms with E-state index in [1.54, 1.807) is 4.31 Å². The number of benzene rings is 1. The molecule has 1 saturated heterocycles. The van der Waals surface area contributed by atoms with E-state index in [4.69, 9.17) is 0 Å². The third-order valence-electron chi connectivity index (χ3n) is 3.84. The zero-order valence-corrected chi connectivity index (χ0v) is 12.4. The predicted octanol–water partition coefficient (Wildman–Crippen LogP) is 1.64. The van der Waals surface area contributed by atoms with Gasteiger partial charge in [0.1, 0.15) is 0 Å². The molecule has 2 aromatic rings. The third-order valence-corrected chi connectivity index (χ3v) is 5.14. The van der Waals surface area contributed by atoms with Gasteiger partial charge in [-0.2, -0.15) is 0 Å². The molecule has 1 aliphatic heterocycles. The van der Waals surface area contributed by atoms with Crippen molar-refractivity contribution in [1.29, 1.82) is 0 Å². The summed E-state index contributed by atoms with van der Waals surface area (Å²) >= 11 is 0. The second-order valence-corrected chi connectivity index (χ2v) is 7.20. The first-order valence-electron chi connectivity index (χ1n) is 6.82. The molecule has 1 aliphatic rings. The van der Waals surface area contributed by atoms with Gasteiger partial charge in [0.05, 0.1) is 6.26 Å². The molecular weight excluding hydrogens is 274 g/mol. The first-order chi connectivity index (χ1) is 9.55. The number of hydrogen-bond acceptors (Lipinski definition) is 3. The summed E-state index contributed by atoms with van der Waals surface area (Å²) in [4.78, 5) is 5.49. The highest BCUT2D eigenvalue weighted by Crippen LogP contribution is 2.27. The van der Waals surface area contributed by atoms with Gasteiger partial charge >= 0.3 is 0 Å². The number of nitrogens with zero attached hydrogens (tertiary/aromatic N) is 2. The van der Waals surface area contributed by atoms with Crippen molar-refractivity contribution in [3.63, 3.8) is 0 Å². The molecule has 3 rings (SSSR count). The molecule has 20 heavy (non-hydrogen) atoms. The van der Waals surface area contributed by atoms with E-state index in [0.717, 1.165) is 25.0 Å². The molecule has 0 saturated carbocycles. The van der Waals surface area contributed by atoms with E-state index in [0.29, 0.717) is 13.1 Å². The predicted molar refractivity (Wildman–Crippen MR) is 81.5 cm³/mol. The van der Waals surface area contributed by atoms with E-state index >= 15 is 0 Å². The van der Waals surface area contributed by atoms with Crippen LogP contribution in [0.1, 0.15) is 6.42 Å². The van der Waals surface area contributed by atoms with Gasteiger partial charge in [-0.25, -0.2) is 12.7 Å². The third kappa shape index (κ3) is 2.53. The Kier molecular flexibility index (Phi) is 3.43. The summed E-state index contributed by atoms with van der Waals surface area (Å²) in [6.45, 7) is 2.78. The maximum Gasteiger partial charge on any atom is 0.211 e. The molecule has 1 N–H and O–H groups in total. The Morgan fingerprint density at radius 3 is 2.75 bits per heavy atom. The van der Waals surface area contributed by atoms with Gasteiger partial charge in [0.25, 0.3) is 0 Å². The van der Waals surface area contributed by atoms with Crippen molar-refractivity contribution in [2.75, 3.05) is 37.3 Å². The number of fused-ring (bicyclic) bond motifs is 1. The van der Waals surface area contributed by atoms with E-state index in [1.807, 2.05) is 12.3 Å². The highest BCUT2D eigenvalue weighted by atomic mass is 32.2. The minimum absolute atomic E-state index is 0.555. The van der Waals surface area contributed by atoms with Crippen LogP contribution in [-0.2, 0) is 10.0 Å². The number of rotatable bonds is 2. The highest BCUT2D eigenvalue weighted by Gasteiger charge is 2.22. The average molecular weight is 293 g/mol. The molecule has 0 bridgehead atoms. The second kappa shape index (κ2) is 5.10. The maximum atomic E-state index is 11.7. The summed E-state index contributed by atoms with van der Waals surface area (Å²) < 4.78 is 24.9. The molecule has 0 aliphatic carbocycles. The Labute approximate surface area is 119 Å². The van der Waals surface area contributed by atoms with Crippen molar-refractivity contribution >= 4 is 26.6 Å². The van der Waals surface area contributed by atoms with Gasteiger partial charge in [0.2, 0.25) is 10.0 Å². The van der Waals surface area contributed by atoms with Crippen LogP contribution < -0.4 is 4.90 Å². The molecule has 0 radical (unpaired) electrons. The van der Waals surface area contributed by atoms with E-state index in [-0.39, 0.29) is 0 Å². The normalized spacial score (nSPS) is 18.4. The molecule has 1 aromatic carbocycles. The van der Waals surface area contributed by atoms with Gasteiger partial charge in [-0.15, -0.1) is 0 Å². The lowest BCUT2D eigenvalue weighted by Gasteiger charge is -2.23. The van der Waals surface area contributed by atoms with E-state index in [1.165, 1.54) is 17.3 Å². The van der Waals surface area contributed by atoms with Crippen molar-refractivity contribution in [2.45, 2.75) is 6.42 Å². The van der Waals surface area contributed by atoms with Crippen LogP contribution in [0.25, 0.3) is 10.9 Å². The van der Waals surface area contributed by atoms with Crippen molar-refractivity contribution in [3.8, 4) is 0 Å². The zero-order valence-electron chi connectivity index (χ0n) is 11.5. The number of H-pyrrole nitrogens is 1. The zero-order chi connectivity index (χ0) is 14.2. The summed E-state index contributed by atoms with van der Waals surface area (Å²) in [6, 6.07) is 8.27. The van der Waals surface area contributed by atoms with Crippen LogP contribution in [0, 0.1) is 0 Å². The van der Waals surface area contributed by atoms with Gasteiger partial charge in [-0.05, 0) is 24.6 Å². The molecule has 0 atom stereocenters. The first-order valence-corrected chi connectivity index (χ1v) is 8.67. The Hall–Kier alpha value is -1.53. The fourth-order valence-electron chi connectivity index (χ4n) is 2.81. The Bertz CT molecular complexity index is 708. The van der Waals surface area contributed by atoms with Crippen LogP contribution >= 0.6 is 0 Å². The largest absolute Gasteiger partial charge is 0.370 e. The smallest absolute Gasteiger partial charge is 0.211 e. The van der Waals surface area contributed by atoms with Crippen molar-refractivity contribution in [1.82, 2.24) is 9.29 Å². The monoisotopic (exact) mass is 293 g/mol. The minimum Gasteiger partial charge on any atom is -0.370 e. The van der Waals surface area contributed by atoms with Crippen molar-refractivity contribution in [2.24, 2.45) is 0 Å². The lowest BCUT2D eigenvalue weighted by atomic mass is 10.2. The topological polar surface area (TPSA) is 56.4 Å². The van der Waals surface area contributed by atoms with E-state index in [2.05, 4.69) is 28.1 Å². The SMILES string of the molecule is CS(=O)(=O)N1CCCN(c2cccc3[nH]ccc23)CC1. The van der Waals surface area contributed by atoms with Crippen LogP contribution in [0.5, 0.6) is 0 Å². The molecule has 108 valence electrons. The van der Waals surface area contributed by atoms with Crippen LogP contribution in [0.3, 0.4) is 0 Å². The van der Waals surface area contributed by atoms with Gasteiger partial charge in [0, 0.05) is 49.0 Å². The molecule has 6 heteroatoms. The minimum atomic E-state index is -3.09. The highest BCUT2D eigenvalue weighted by molar-refractivity contribution is 7.88. The summed E-state index contributed by atoms with van der Waals surface area (Å²) in [6.07, 6.45) is 4.08. The van der Waals surface area contributed by atoms with Crippen LogP contribution in [-0.4, -0.2) is 50.1 Å². The first kappa shape index (κ1) is 13.5. The summed E-state index contributed by atoms with van der Waals surface area (Å²) in [5.74, 6) is 0. The molecule has 0 amide bonds. The second-order valence-electron chi connectivity index (χ2n) is 5.22. The van der Waals surface area contributed by atoms with E-state index in [9.17, 15) is 8.42 Å². The molecular formula is C14H19N3O2S. The molecule has 1 aromatic heterocycles. The van der Waals surface area contributed by atoms with Gasteiger partial charge in [-0.1, -0.05) is 6.07 Å². The number of anilines is 1. The van der Waals surface area contributed by atoms with Crippen molar-refractivity contribution in [3.05, 3.63) is 30.5 Å². The van der Waals surface area contributed by atoms with Gasteiger partial charge < -0.3 is 9.88 Å². The summed E-state index contributed by atoms with van der Waals surface area (Å²) in [5.41, 5.74) is 2.30. The Morgan fingerprint density at radius 1 is 1.10 bits per heavy atom. The van der Waals surface area contributed by atoms with Crippen molar-refractivity contribution < 1.29 is 8.42 Å². The molecule has 0 spiro atoms. The number of hydrogen-bond donors (Lipinski definition) is 1. The van der Waals surface area contributed by atoms with Crippen LogP contribution in [0.4, 0.5) is 5.69 Å². The lowest BCUT2D eigenvalue weighted by Crippen LogP contribution is -2.34. The molecule has 0 unspecified atom stereocenters.